The van der Waals surface area contributed by atoms with Crippen LogP contribution in [0, 0.1) is 11.3 Å². The Morgan fingerprint density at radius 3 is 2.60 bits per heavy atom. The third kappa shape index (κ3) is 2.19. The second-order valence-electron chi connectivity index (χ2n) is 2.53. The fourth-order valence-corrected chi connectivity index (χ4v) is 1.07. The van der Waals surface area contributed by atoms with Gasteiger partial charge in [0.2, 0.25) is 0 Å². The number of carbonyl (C=O) groups is 1. The molecule has 1 aromatic heterocycles. The van der Waals surface area contributed by atoms with Crippen LogP contribution in [0.15, 0.2) is 10.9 Å². The highest BCUT2D eigenvalue weighted by Gasteiger charge is 2.19. The highest BCUT2D eigenvalue weighted by Crippen LogP contribution is 2.21. The van der Waals surface area contributed by atoms with E-state index in [1.807, 2.05) is 4.98 Å². The minimum absolute atomic E-state index is 0.462. The summed E-state index contributed by atoms with van der Waals surface area (Å²) in [7, 11) is 0. The number of halogens is 3. The smallest absolute Gasteiger partial charge is 0.268 e. The number of hydrogen-bond acceptors (Lipinski definition) is 3. The number of H-pyrrole nitrogens is 1. The molecule has 0 spiro atoms. The molecule has 0 bridgehead atoms. The molecule has 0 radical (unpaired) electrons. The molecular weight excluding hydrogens is 230 g/mol. The second-order valence-corrected chi connectivity index (χ2v) is 2.87. The van der Waals surface area contributed by atoms with Crippen molar-refractivity contribution in [1.82, 2.24) is 4.98 Å². The average Bonchev–Trinajstić information content (AvgIpc) is 2.16. The van der Waals surface area contributed by atoms with E-state index in [4.69, 9.17) is 16.9 Å². The van der Waals surface area contributed by atoms with Crippen molar-refractivity contribution in [2.24, 2.45) is 0 Å². The van der Waals surface area contributed by atoms with Crippen LogP contribution in [0.3, 0.4) is 0 Å². The van der Waals surface area contributed by atoms with Crippen molar-refractivity contribution >= 4 is 16.8 Å². The van der Waals surface area contributed by atoms with Crippen LogP contribution in [-0.4, -0.2) is 10.2 Å². The Balaban J connectivity index is 3.55. The molecule has 1 rings (SSSR count). The predicted octanol–water partition coefficient (Wildman–Crippen LogP) is 1.56. The molecule has 78 valence electrons. The first-order chi connectivity index (χ1) is 6.97. The van der Waals surface area contributed by atoms with E-state index >= 15 is 0 Å². The number of nitrogens with one attached hydrogen (secondary N) is 1. The van der Waals surface area contributed by atoms with E-state index in [0.717, 1.165) is 0 Å². The van der Waals surface area contributed by atoms with Gasteiger partial charge >= 0.3 is 0 Å². The van der Waals surface area contributed by atoms with Crippen LogP contribution in [0.1, 0.15) is 28.0 Å². The van der Waals surface area contributed by atoms with Gasteiger partial charge in [0.05, 0.1) is 0 Å². The van der Waals surface area contributed by atoms with E-state index in [1.54, 1.807) is 0 Å². The fourth-order valence-electron chi connectivity index (χ4n) is 0.973. The zero-order chi connectivity index (χ0) is 11.6. The Hall–Kier alpha value is -1.74. The normalized spacial score (nSPS) is 10.1. The third-order valence-electron chi connectivity index (χ3n) is 1.62. The Labute approximate surface area is 87.1 Å². The number of rotatable bonds is 2. The van der Waals surface area contributed by atoms with Crippen LogP contribution in [0.4, 0.5) is 8.78 Å². The van der Waals surface area contributed by atoms with E-state index in [-0.39, 0.29) is 0 Å². The lowest BCUT2D eigenvalue weighted by molar-refractivity contribution is 0.107. The molecule has 1 N–H and O–H groups in total. The van der Waals surface area contributed by atoms with Crippen LogP contribution >= 0.6 is 11.6 Å². The highest BCUT2D eigenvalue weighted by molar-refractivity contribution is 6.67. The van der Waals surface area contributed by atoms with E-state index in [2.05, 4.69) is 0 Å². The van der Waals surface area contributed by atoms with Crippen molar-refractivity contribution in [3.63, 3.8) is 0 Å². The van der Waals surface area contributed by atoms with E-state index < -0.39 is 34.0 Å². The molecule has 0 aliphatic heterocycles. The third-order valence-corrected chi connectivity index (χ3v) is 1.83. The van der Waals surface area contributed by atoms with Gasteiger partial charge in [-0.2, -0.15) is 5.26 Å². The molecule has 15 heavy (non-hydrogen) atoms. The molecule has 0 amide bonds. The van der Waals surface area contributed by atoms with Crippen LogP contribution in [-0.2, 0) is 0 Å². The van der Waals surface area contributed by atoms with Crippen molar-refractivity contribution in [3.05, 3.63) is 33.2 Å². The summed E-state index contributed by atoms with van der Waals surface area (Å²) in [5, 5.41) is 7.39. The summed E-state index contributed by atoms with van der Waals surface area (Å²) in [6.07, 6.45) is -3.02. The largest absolute Gasteiger partial charge is 0.317 e. The molecule has 4 nitrogen and oxygen atoms in total. The van der Waals surface area contributed by atoms with Gasteiger partial charge < -0.3 is 4.98 Å². The van der Waals surface area contributed by atoms with Crippen LogP contribution < -0.4 is 5.56 Å². The number of carbonyl (C=O) groups excluding carboxylic acids is 1. The van der Waals surface area contributed by atoms with Crippen molar-refractivity contribution in [2.45, 2.75) is 6.43 Å². The number of aromatic nitrogens is 1. The molecule has 0 unspecified atom stereocenters. The molecule has 0 aliphatic carbocycles. The lowest BCUT2D eigenvalue weighted by atomic mass is 10.1. The zero-order valence-electron chi connectivity index (χ0n) is 7.05. The van der Waals surface area contributed by atoms with Crippen molar-refractivity contribution in [2.75, 3.05) is 0 Å². The van der Waals surface area contributed by atoms with Gasteiger partial charge in [0.1, 0.15) is 17.3 Å². The number of aromatic amines is 1. The molecule has 0 saturated heterocycles. The first-order valence-corrected chi connectivity index (χ1v) is 4.00. The molecule has 0 fully saturated rings. The number of nitriles is 1. The Morgan fingerprint density at radius 1 is 1.60 bits per heavy atom. The maximum absolute atomic E-state index is 12.4. The predicted molar refractivity (Wildman–Crippen MR) is 46.9 cm³/mol. The van der Waals surface area contributed by atoms with Gasteiger partial charge in [-0.05, 0) is 17.7 Å². The van der Waals surface area contributed by atoms with Gasteiger partial charge in [0.25, 0.3) is 17.2 Å². The second kappa shape index (κ2) is 4.19. The molecule has 1 aromatic rings. The minimum Gasteiger partial charge on any atom is -0.317 e. The quantitative estimate of drug-likeness (QED) is 0.787. The monoisotopic (exact) mass is 232 g/mol. The molecule has 0 atom stereocenters. The summed E-state index contributed by atoms with van der Waals surface area (Å²) in [6, 6.07) is 2.03. The Kier molecular flexibility index (Phi) is 3.17. The van der Waals surface area contributed by atoms with Gasteiger partial charge in [-0.3, -0.25) is 9.59 Å². The fraction of sp³-hybridized carbons (Fsp3) is 0.125. The molecule has 0 saturated carbocycles. The molecule has 7 heteroatoms. The van der Waals surface area contributed by atoms with Gasteiger partial charge in [0, 0.05) is 5.56 Å². The standard InChI is InChI=1S/C8H3ClF2N2O2/c9-6(14)5-1-3(7(10)11)4(2-12)8(15)13-5/h1,7H,(H,13,15). The maximum atomic E-state index is 12.4. The van der Waals surface area contributed by atoms with Crippen molar-refractivity contribution in [3.8, 4) is 6.07 Å². The first-order valence-electron chi connectivity index (χ1n) is 3.62. The lowest BCUT2D eigenvalue weighted by Gasteiger charge is -2.02. The molecular formula is C8H3ClF2N2O2. The Morgan fingerprint density at radius 2 is 2.20 bits per heavy atom. The van der Waals surface area contributed by atoms with Gasteiger partial charge in [0.15, 0.2) is 0 Å². The van der Waals surface area contributed by atoms with E-state index in [0.29, 0.717) is 6.07 Å². The number of hydrogen-bond donors (Lipinski definition) is 1. The van der Waals surface area contributed by atoms with Crippen LogP contribution in [0.5, 0.6) is 0 Å². The minimum atomic E-state index is -3.02. The Bertz CT molecular complexity index is 504. The number of alkyl halides is 2. The van der Waals surface area contributed by atoms with E-state index in [9.17, 15) is 18.4 Å². The van der Waals surface area contributed by atoms with Gasteiger partial charge in [-0.1, -0.05) is 0 Å². The van der Waals surface area contributed by atoms with Crippen LogP contribution in [0.25, 0.3) is 0 Å². The van der Waals surface area contributed by atoms with Crippen LogP contribution in [0.2, 0.25) is 0 Å². The summed E-state index contributed by atoms with van der Waals surface area (Å²) >= 11 is 5.01. The summed E-state index contributed by atoms with van der Waals surface area (Å²) in [4.78, 5) is 23.6. The highest BCUT2D eigenvalue weighted by atomic mass is 35.5. The zero-order valence-corrected chi connectivity index (χ0v) is 7.81. The summed E-state index contributed by atoms with van der Waals surface area (Å²) in [5.41, 5.74) is -3.04. The van der Waals surface area contributed by atoms with Gasteiger partial charge in [-0.25, -0.2) is 8.78 Å². The maximum Gasteiger partial charge on any atom is 0.268 e. The lowest BCUT2D eigenvalue weighted by Crippen LogP contribution is -2.17. The topological polar surface area (TPSA) is 73.7 Å². The molecule has 0 aromatic carbocycles. The summed E-state index contributed by atoms with van der Waals surface area (Å²) in [6.45, 7) is 0. The summed E-state index contributed by atoms with van der Waals surface area (Å²) < 4.78 is 24.8. The molecule has 1 heterocycles. The number of pyridine rings is 1. The average molecular weight is 233 g/mol. The van der Waals surface area contributed by atoms with Crippen molar-refractivity contribution < 1.29 is 13.6 Å². The first kappa shape index (κ1) is 11.3. The number of nitrogens with zero attached hydrogens (tertiary/aromatic N) is 1. The van der Waals surface area contributed by atoms with Gasteiger partial charge in [-0.15, -0.1) is 0 Å². The van der Waals surface area contributed by atoms with Crippen molar-refractivity contribution in [1.29, 1.82) is 5.26 Å². The summed E-state index contributed by atoms with van der Waals surface area (Å²) in [5.74, 6) is 0. The van der Waals surface area contributed by atoms with E-state index in [1.165, 1.54) is 6.07 Å². The molecule has 0 aliphatic rings. The SMILES string of the molecule is N#Cc1c(C(F)F)cc(C(=O)Cl)[nH]c1=O.